The van der Waals surface area contributed by atoms with E-state index < -0.39 is 15.1 Å². The first kappa shape index (κ1) is 19.6. The molecule has 2 aromatic carbocycles. The van der Waals surface area contributed by atoms with Crippen LogP contribution in [0.4, 0.5) is 5.82 Å². The maximum Gasteiger partial charge on any atom is 0.182 e. The Morgan fingerprint density at radius 2 is 1.93 bits per heavy atom. The molecule has 0 aliphatic rings. The van der Waals surface area contributed by atoms with Crippen LogP contribution in [0.5, 0.6) is 5.75 Å². The van der Waals surface area contributed by atoms with Crippen molar-refractivity contribution in [2.24, 2.45) is 5.10 Å². The number of sulfone groups is 1. The number of nitrogens with zero attached hydrogens (tertiary/aromatic N) is 3. The maximum atomic E-state index is 12.7. The summed E-state index contributed by atoms with van der Waals surface area (Å²) in [4.78, 5) is 0.230. The second-order valence-electron chi connectivity index (χ2n) is 6.34. The van der Waals surface area contributed by atoms with Gasteiger partial charge in [-0.2, -0.15) is 10.2 Å². The first-order valence-electron chi connectivity index (χ1n) is 8.74. The third-order valence-corrected chi connectivity index (χ3v) is 6.35. The number of rotatable bonds is 7. The zero-order valence-electron chi connectivity index (χ0n) is 15.9. The van der Waals surface area contributed by atoms with Gasteiger partial charge >= 0.3 is 0 Å². The van der Waals surface area contributed by atoms with E-state index in [0.717, 1.165) is 11.3 Å². The number of nitrogens with one attached hydrogen (secondary N) is 1. The lowest BCUT2D eigenvalue weighted by Crippen LogP contribution is -2.17. The molecule has 3 rings (SSSR count). The summed E-state index contributed by atoms with van der Waals surface area (Å²) < 4.78 is 32.2. The van der Waals surface area contributed by atoms with Gasteiger partial charge in [-0.3, -0.25) is 5.43 Å². The summed E-state index contributed by atoms with van der Waals surface area (Å²) in [6.07, 6.45) is 3.23. The van der Waals surface area contributed by atoms with Gasteiger partial charge < -0.3 is 4.74 Å². The Morgan fingerprint density at radius 3 is 2.68 bits per heavy atom. The number of hydrazone groups is 1. The van der Waals surface area contributed by atoms with Crippen molar-refractivity contribution in [3.8, 4) is 11.4 Å². The van der Waals surface area contributed by atoms with Crippen LogP contribution in [0.15, 0.2) is 70.8 Å². The lowest BCUT2D eigenvalue weighted by atomic mass is 10.2. The van der Waals surface area contributed by atoms with Crippen molar-refractivity contribution in [3.63, 3.8) is 0 Å². The lowest BCUT2D eigenvalue weighted by Gasteiger charge is -2.14. The molecule has 0 radical (unpaired) electrons. The van der Waals surface area contributed by atoms with Crippen molar-refractivity contribution < 1.29 is 13.2 Å². The molecule has 0 amide bonds. The molecular formula is C20H22N4O3S. The zero-order valence-corrected chi connectivity index (χ0v) is 16.7. The van der Waals surface area contributed by atoms with E-state index in [1.807, 2.05) is 24.3 Å². The highest BCUT2D eigenvalue weighted by molar-refractivity contribution is 7.92. The Balaban J connectivity index is 1.90. The minimum Gasteiger partial charge on any atom is -0.497 e. The molecule has 0 unspecified atom stereocenters. The van der Waals surface area contributed by atoms with Gasteiger partial charge in [-0.25, -0.2) is 13.1 Å². The van der Waals surface area contributed by atoms with Crippen LogP contribution in [0.1, 0.15) is 19.4 Å². The van der Waals surface area contributed by atoms with Crippen molar-refractivity contribution >= 4 is 21.9 Å². The number of methoxy groups -OCH3 is 1. The molecule has 28 heavy (non-hydrogen) atoms. The third-order valence-electron chi connectivity index (χ3n) is 4.15. The number of hydrogen-bond acceptors (Lipinski definition) is 6. The first-order chi connectivity index (χ1) is 13.4. The topological polar surface area (TPSA) is 85.6 Å². The zero-order chi connectivity index (χ0) is 20.1. The number of benzene rings is 2. The summed E-state index contributed by atoms with van der Waals surface area (Å²) in [5, 5.41) is 7.97. The fourth-order valence-electron chi connectivity index (χ4n) is 2.60. The van der Waals surface area contributed by atoms with Crippen molar-refractivity contribution in [2.75, 3.05) is 12.5 Å². The summed E-state index contributed by atoms with van der Waals surface area (Å²) in [6.45, 7) is 3.32. The van der Waals surface area contributed by atoms with Gasteiger partial charge in [0.15, 0.2) is 9.84 Å². The standard InChI is InChI=1S/C20H22N4O3S/c1-15(2)28(25,26)19-10-5-4-9-18(19)24-20(11-12-22-24)23-21-14-16-7-6-8-17(13-16)27-3/h4-15,23H,1-3H3/b21-14+. The number of aromatic nitrogens is 2. The Labute approximate surface area is 164 Å². The maximum absolute atomic E-state index is 12.7. The Bertz CT molecular complexity index is 1090. The second kappa shape index (κ2) is 8.26. The van der Waals surface area contributed by atoms with Crippen molar-refractivity contribution in [3.05, 3.63) is 66.4 Å². The van der Waals surface area contributed by atoms with Crippen LogP contribution in [0.3, 0.4) is 0 Å². The molecule has 0 atom stereocenters. The van der Waals surface area contributed by atoms with Gasteiger partial charge in [0.1, 0.15) is 11.6 Å². The minimum absolute atomic E-state index is 0.230. The molecule has 1 aromatic heterocycles. The van der Waals surface area contributed by atoms with E-state index in [9.17, 15) is 8.42 Å². The summed E-state index contributed by atoms with van der Waals surface area (Å²) in [7, 11) is -1.86. The van der Waals surface area contributed by atoms with Crippen LogP contribution < -0.4 is 10.2 Å². The number of anilines is 1. The molecule has 1 heterocycles. The van der Waals surface area contributed by atoms with Crippen molar-refractivity contribution in [1.82, 2.24) is 9.78 Å². The molecule has 0 fully saturated rings. The smallest absolute Gasteiger partial charge is 0.182 e. The number of para-hydroxylation sites is 1. The molecule has 1 N–H and O–H groups in total. The molecule has 0 saturated heterocycles. The Kier molecular flexibility index (Phi) is 5.79. The van der Waals surface area contributed by atoms with Crippen molar-refractivity contribution in [2.45, 2.75) is 24.0 Å². The molecule has 0 spiro atoms. The van der Waals surface area contributed by atoms with E-state index in [2.05, 4.69) is 15.6 Å². The minimum atomic E-state index is -3.46. The fraction of sp³-hybridized carbons (Fsp3) is 0.200. The SMILES string of the molecule is COc1cccc(/C=N/Nc2ccnn2-c2ccccc2S(=O)(=O)C(C)C)c1. The molecule has 7 nitrogen and oxygen atoms in total. The van der Waals surface area contributed by atoms with E-state index in [0.29, 0.717) is 11.5 Å². The summed E-state index contributed by atoms with van der Waals surface area (Å²) in [6, 6.07) is 16.0. The number of ether oxygens (including phenoxy) is 1. The largest absolute Gasteiger partial charge is 0.497 e. The molecule has 8 heteroatoms. The van der Waals surface area contributed by atoms with E-state index >= 15 is 0 Å². The highest BCUT2D eigenvalue weighted by atomic mass is 32.2. The molecule has 0 aliphatic carbocycles. The highest BCUT2D eigenvalue weighted by Crippen LogP contribution is 2.26. The number of hydrogen-bond donors (Lipinski definition) is 1. The monoisotopic (exact) mass is 398 g/mol. The average molecular weight is 398 g/mol. The second-order valence-corrected chi connectivity index (χ2v) is 8.81. The summed E-state index contributed by atoms with van der Waals surface area (Å²) >= 11 is 0. The van der Waals surface area contributed by atoms with Crippen LogP contribution in [-0.2, 0) is 9.84 Å². The van der Waals surface area contributed by atoms with E-state index in [1.165, 1.54) is 4.68 Å². The fourth-order valence-corrected chi connectivity index (χ4v) is 3.82. The molecule has 3 aromatic rings. The molecule has 146 valence electrons. The Hall–Kier alpha value is -3.13. The normalized spacial score (nSPS) is 11.9. The predicted molar refractivity (Wildman–Crippen MR) is 110 cm³/mol. The average Bonchev–Trinajstić information content (AvgIpc) is 3.16. The van der Waals surface area contributed by atoms with Crippen LogP contribution in [-0.4, -0.2) is 36.8 Å². The van der Waals surface area contributed by atoms with Gasteiger partial charge in [0.2, 0.25) is 0 Å². The molecular weight excluding hydrogens is 376 g/mol. The first-order valence-corrected chi connectivity index (χ1v) is 10.3. The van der Waals surface area contributed by atoms with Crippen molar-refractivity contribution in [1.29, 1.82) is 0 Å². The Morgan fingerprint density at radius 1 is 1.14 bits per heavy atom. The van der Waals surface area contributed by atoms with Gasteiger partial charge in [-0.05, 0) is 43.7 Å². The van der Waals surface area contributed by atoms with E-state index in [4.69, 9.17) is 4.74 Å². The van der Waals surface area contributed by atoms with Gasteiger partial charge in [-0.15, -0.1) is 0 Å². The van der Waals surface area contributed by atoms with Gasteiger partial charge in [0.25, 0.3) is 0 Å². The lowest BCUT2D eigenvalue weighted by molar-refractivity contribution is 0.415. The van der Waals surface area contributed by atoms with Gasteiger partial charge in [-0.1, -0.05) is 24.3 Å². The van der Waals surface area contributed by atoms with E-state index in [1.54, 1.807) is 63.7 Å². The van der Waals surface area contributed by atoms with Crippen LogP contribution in [0, 0.1) is 0 Å². The summed E-state index contributed by atoms with van der Waals surface area (Å²) in [5.74, 6) is 1.28. The molecule has 0 aliphatic heterocycles. The van der Waals surface area contributed by atoms with Gasteiger partial charge in [0.05, 0.1) is 35.4 Å². The predicted octanol–water partition coefficient (Wildman–Crippen LogP) is 3.51. The molecule has 0 bridgehead atoms. The summed E-state index contributed by atoms with van der Waals surface area (Å²) in [5.41, 5.74) is 4.25. The third kappa shape index (κ3) is 4.07. The quantitative estimate of drug-likeness (QED) is 0.486. The van der Waals surface area contributed by atoms with Gasteiger partial charge in [0, 0.05) is 6.07 Å². The van der Waals surface area contributed by atoms with Crippen LogP contribution in [0.2, 0.25) is 0 Å². The van der Waals surface area contributed by atoms with E-state index in [-0.39, 0.29) is 4.90 Å². The highest BCUT2D eigenvalue weighted by Gasteiger charge is 2.24. The van der Waals surface area contributed by atoms with Crippen LogP contribution >= 0.6 is 0 Å². The van der Waals surface area contributed by atoms with Crippen LogP contribution in [0.25, 0.3) is 5.69 Å². The molecule has 0 saturated carbocycles.